The number of carbonyl (C=O) groups is 1. The van der Waals surface area contributed by atoms with Gasteiger partial charge in [0.25, 0.3) is 0 Å². The molecule has 4 rings (SSSR count). The van der Waals surface area contributed by atoms with Gasteiger partial charge in [-0.25, -0.2) is 0 Å². The van der Waals surface area contributed by atoms with Crippen LogP contribution in [-0.2, 0) is 16.0 Å². The molecule has 1 aliphatic carbocycles. The van der Waals surface area contributed by atoms with Crippen LogP contribution >= 0.6 is 0 Å². The fraction of sp³-hybridized carbons (Fsp3) is 0.667. The van der Waals surface area contributed by atoms with Crippen molar-refractivity contribution in [1.82, 2.24) is 10.2 Å². The second kappa shape index (κ2) is 7.88. The predicted molar refractivity (Wildman–Crippen MR) is 98.3 cm³/mol. The number of carbonyl (C=O) groups excluding carboxylic acids is 1. The average Bonchev–Trinajstić information content (AvgIpc) is 3.40. The number of fused-ring (bicyclic) bond motifs is 1. The minimum absolute atomic E-state index is 0.139. The Bertz CT molecular complexity index is 573. The van der Waals surface area contributed by atoms with E-state index in [1.165, 1.54) is 24.8 Å². The molecule has 3 aliphatic rings. The summed E-state index contributed by atoms with van der Waals surface area (Å²) in [7, 11) is 0. The molecule has 3 atom stereocenters. The monoisotopic (exact) mass is 342 g/mol. The summed E-state index contributed by atoms with van der Waals surface area (Å²) >= 11 is 0. The minimum Gasteiger partial charge on any atom is -0.377 e. The maximum atomic E-state index is 12.1. The summed E-state index contributed by atoms with van der Waals surface area (Å²) in [6.07, 6.45) is 5.54. The van der Waals surface area contributed by atoms with Crippen LogP contribution in [0, 0.1) is 17.8 Å². The van der Waals surface area contributed by atoms with Gasteiger partial charge in [0.05, 0.1) is 19.1 Å². The van der Waals surface area contributed by atoms with Crippen molar-refractivity contribution in [3.05, 3.63) is 35.9 Å². The summed E-state index contributed by atoms with van der Waals surface area (Å²) in [5.41, 5.74) is 1.41. The lowest BCUT2D eigenvalue weighted by molar-refractivity contribution is -0.123. The molecule has 25 heavy (non-hydrogen) atoms. The second-order valence-corrected chi connectivity index (χ2v) is 8.07. The highest BCUT2D eigenvalue weighted by Gasteiger charge is 2.41. The molecule has 1 N–H and O–H groups in total. The number of piperidine rings is 1. The molecule has 2 aliphatic heterocycles. The average molecular weight is 342 g/mol. The Kier molecular flexibility index (Phi) is 5.37. The molecule has 2 heterocycles. The van der Waals surface area contributed by atoms with Crippen LogP contribution in [0.25, 0.3) is 0 Å². The van der Waals surface area contributed by atoms with Crippen molar-refractivity contribution in [1.29, 1.82) is 0 Å². The van der Waals surface area contributed by atoms with Gasteiger partial charge in [-0.1, -0.05) is 30.3 Å². The van der Waals surface area contributed by atoms with Crippen LogP contribution in [0.2, 0.25) is 0 Å². The fourth-order valence-electron chi connectivity index (χ4n) is 4.34. The van der Waals surface area contributed by atoms with Crippen LogP contribution in [-0.4, -0.2) is 49.7 Å². The maximum Gasteiger partial charge on any atom is 0.222 e. The second-order valence-electron chi connectivity index (χ2n) is 8.07. The molecule has 3 fully saturated rings. The van der Waals surface area contributed by atoms with Crippen LogP contribution in [0.1, 0.15) is 31.2 Å². The highest BCUT2D eigenvalue weighted by molar-refractivity contribution is 5.76. The highest BCUT2D eigenvalue weighted by Crippen LogP contribution is 2.36. The lowest BCUT2D eigenvalue weighted by atomic mass is 9.83. The third-order valence-electron chi connectivity index (χ3n) is 6.11. The molecule has 0 bridgehead atoms. The lowest BCUT2D eigenvalue weighted by Crippen LogP contribution is -2.43. The van der Waals surface area contributed by atoms with Crippen molar-refractivity contribution >= 4 is 5.91 Å². The Labute approximate surface area is 150 Å². The van der Waals surface area contributed by atoms with Gasteiger partial charge in [0.2, 0.25) is 5.91 Å². The molecule has 136 valence electrons. The highest BCUT2D eigenvalue weighted by atomic mass is 16.5. The first-order valence-electron chi connectivity index (χ1n) is 9.92. The number of likely N-dealkylation sites (tertiary alicyclic amines) is 1. The third kappa shape index (κ3) is 4.62. The van der Waals surface area contributed by atoms with E-state index in [1.54, 1.807) is 0 Å². The van der Waals surface area contributed by atoms with Crippen molar-refractivity contribution < 1.29 is 9.53 Å². The van der Waals surface area contributed by atoms with Crippen molar-refractivity contribution in [3.63, 3.8) is 0 Å². The number of rotatable bonds is 7. The zero-order chi connectivity index (χ0) is 17.1. The Hall–Kier alpha value is -1.39. The van der Waals surface area contributed by atoms with E-state index in [-0.39, 0.29) is 12.0 Å². The quantitative estimate of drug-likeness (QED) is 0.828. The summed E-state index contributed by atoms with van der Waals surface area (Å²) in [4.78, 5) is 14.7. The van der Waals surface area contributed by atoms with Gasteiger partial charge in [-0.15, -0.1) is 0 Å². The van der Waals surface area contributed by atoms with Gasteiger partial charge in [-0.05, 0) is 49.6 Å². The summed E-state index contributed by atoms with van der Waals surface area (Å²) in [5.74, 6) is 2.10. The van der Waals surface area contributed by atoms with Crippen molar-refractivity contribution in [3.8, 4) is 0 Å². The van der Waals surface area contributed by atoms with Gasteiger partial charge in [0.15, 0.2) is 0 Å². The smallest absolute Gasteiger partial charge is 0.222 e. The third-order valence-corrected chi connectivity index (χ3v) is 6.11. The topological polar surface area (TPSA) is 41.6 Å². The van der Waals surface area contributed by atoms with Crippen molar-refractivity contribution in [2.24, 2.45) is 17.8 Å². The molecule has 1 aromatic rings. The number of nitrogens with zero attached hydrogens (tertiary/aromatic N) is 1. The van der Waals surface area contributed by atoms with Gasteiger partial charge in [-0.2, -0.15) is 0 Å². The number of benzene rings is 1. The Morgan fingerprint density at radius 1 is 1.20 bits per heavy atom. The molecular formula is C21H30N2O2. The molecule has 1 amide bonds. The Morgan fingerprint density at radius 3 is 2.84 bits per heavy atom. The first-order valence-corrected chi connectivity index (χ1v) is 9.92. The van der Waals surface area contributed by atoms with Gasteiger partial charge in [-0.3, -0.25) is 4.79 Å². The SMILES string of the molecule is O=C(C[C@H]1OC[C@H]2CN(CCc3ccccc3)CC[C@H]21)NCC1CC1. The molecule has 1 saturated carbocycles. The maximum absolute atomic E-state index is 12.1. The molecule has 0 radical (unpaired) electrons. The normalized spacial score (nSPS) is 29.4. The van der Waals surface area contributed by atoms with Crippen LogP contribution < -0.4 is 5.32 Å². The Morgan fingerprint density at radius 2 is 2.04 bits per heavy atom. The van der Waals surface area contributed by atoms with E-state index in [2.05, 4.69) is 40.5 Å². The largest absolute Gasteiger partial charge is 0.377 e. The van der Waals surface area contributed by atoms with Crippen LogP contribution in [0.4, 0.5) is 0 Å². The number of ether oxygens (including phenoxy) is 1. The molecule has 0 spiro atoms. The minimum atomic E-state index is 0.139. The van der Waals surface area contributed by atoms with Crippen molar-refractivity contribution in [2.45, 2.75) is 38.2 Å². The Balaban J connectivity index is 1.21. The van der Waals surface area contributed by atoms with Gasteiger partial charge in [0.1, 0.15) is 0 Å². The number of nitrogens with one attached hydrogen (secondary N) is 1. The zero-order valence-corrected chi connectivity index (χ0v) is 15.0. The van der Waals surface area contributed by atoms with Gasteiger partial charge < -0.3 is 15.0 Å². The molecule has 4 nitrogen and oxygen atoms in total. The van der Waals surface area contributed by atoms with E-state index in [1.807, 2.05) is 0 Å². The summed E-state index contributed by atoms with van der Waals surface area (Å²) in [6, 6.07) is 10.7. The predicted octanol–water partition coefficient (Wildman–Crippen LogP) is 2.48. The molecule has 2 saturated heterocycles. The molecule has 0 unspecified atom stereocenters. The lowest BCUT2D eigenvalue weighted by Gasteiger charge is -2.35. The van der Waals surface area contributed by atoms with Crippen LogP contribution in [0.3, 0.4) is 0 Å². The zero-order valence-electron chi connectivity index (χ0n) is 15.0. The van der Waals surface area contributed by atoms with Crippen LogP contribution in [0.15, 0.2) is 30.3 Å². The summed E-state index contributed by atoms with van der Waals surface area (Å²) in [5, 5.41) is 3.08. The summed E-state index contributed by atoms with van der Waals surface area (Å²) < 4.78 is 6.02. The molecule has 4 heteroatoms. The van der Waals surface area contributed by atoms with E-state index in [9.17, 15) is 4.79 Å². The fourth-order valence-corrected chi connectivity index (χ4v) is 4.34. The van der Waals surface area contributed by atoms with E-state index in [4.69, 9.17) is 4.74 Å². The standard InChI is InChI=1S/C21H30N2O2/c24-21(22-13-17-6-7-17)12-20-19-9-11-23(14-18(19)15-25-20)10-8-16-4-2-1-3-5-16/h1-5,17-20H,6-15H2,(H,22,24)/t18-,19-,20-/m1/s1. The summed E-state index contributed by atoms with van der Waals surface area (Å²) in [6.45, 7) is 5.08. The van der Waals surface area contributed by atoms with E-state index in [0.29, 0.717) is 18.3 Å². The van der Waals surface area contributed by atoms with E-state index >= 15 is 0 Å². The molecule has 0 aromatic heterocycles. The van der Waals surface area contributed by atoms with Crippen molar-refractivity contribution in [2.75, 3.05) is 32.8 Å². The number of hydrogen-bond acceptors (Lipinski definition) is 3. The number of hydrogen-bond donors (Lipinski definition) is 1. The van der Waals surface area contributed by atoms with Gasteiger partial charge in [0, 0.05) is 25.6 Å². The number of amides is 1. The van der Waals surface area contributed by atoms with E-state index in [0.717, 1.165) is 45.1 Å². The first kappa shape index (κ1) is 17.0. The molecule has 1 aromatic carbocycles. The molecular weight excluding hydrogens is 312 g/mol. The first-order chi connectivity index (χ1) is 12.3. The van der Waals surface area contributed by atoms with E-state index < -0.39 is 0 Å². The van der Waals surface area contributed by atoms with Gasteiger partial charge >= 0.3 is 0 Å². The van der Waals surface area contributed by atoms with Crippen LogP contribution in [0.5, 0.6) is 0 Å².